The van der Waals surface area contributed by atoms with Crippen molar-refractivity contribution in [3.63, 3.8) is 0 Å². The van der Waals surface area contributed by atoms with E-state index in [4.69, 9.17) is 22.7 Å². The van der Waals surface area contributed by atoms with Crippen molar-refractivity contribution in [2.45, 2.75) is 49.8 Å². The largest absolute Gasteiger partial charge is 0.377 e. The second-order valence-electron chi connectivity index (χ2n) is 15.5. The summed E-state index contributed by atoms with van der Waals surface area (Å²) in [5, 5.41) is 7.48. The SMILES string of the molecule is [B][P+](CC[C@H]1CCC[P+]1([B])c1ccccc1)(c1ccccc1)c1ccccc1.[B][P+](CC[C@H]1CCC[P@]1(=O)c1ccccc1)(c1ccccc1)c1ccccc1. The predicted molar refractivity (Wildman–Crippen MR) is 257 cm³/mol. The summed E-state index contributed by atoms with van der Waals surface area (Å²) >= 11 is 0. The second-order valence-corrected chi connectivity index (χ2v) is 28.8. The molecule has 2 heterocycles. The fourth-order valence-electron chi connectivity index (χ4n) is 9.04. The third kappa shape index (κ3) is 9.02. The number of rotatable bonds is 12. The van der Waals surface area contributed by atoms with E-state index in [0.717, 1.165) is 49.5 Å². The van der Waals surface area contributed by atoms with Crippen LogP contribution in [-0.4, -0.2) is 58.7 Å². The number of hydrogen-bond donors (Lipinski definition) is 0. The standard InChI is InChI=1S/C24H26B2P2.C24H26BOP2/c25-27(21-11-4-1-5-12-21)19-10-17-24(27)18-20-28(26,22-13-6-2-7-14-22)23-15-8-3-9-16-23;25-27(21-11-4-1-5-12-21,22-13-6-2-7-14-22)20-18-24-17-10-19-28(24,26)23-15-8-3-9-16-23/h2*1-9,11-16,24H,10,17-20H2/q+2;+1/t24-,27?;24-,28+/m11/s1. The van der Waals surface area contributed by atoms with Gasteiger partial charge in [-0.15, -0.1) is 0 Å². The minimum atomic E-state index is -2.34. The molecule has 2 saturated heterocycles. The molecular formula is C48H52B3OP4+3. The minimum Gasteiger partial charge on any atom is -0.318 e. The maximum absolute atomic E-state index is 13.9. The molecule has 0 aromatic heterocycles. The summed E-state index contributed by atoms with van der Waals surface area (Å²) in [6, 6.07) is 63.4. The van der Waals surface area contributed by atoms with E-state index >= 15 is 0 Å². The van der Waals surface area contributed by atoms with Crippen LogP contribution in [0, 0.1) is 0 Å². The van der Waals surface area contributed by atoms with E-state index in [-0.39, 0.29) is 5.66 Å². The lowest BCUT2D eigenvalue weighted by Gasteiger charge is -2.29. The van der Waals surface area contributed by atoms with Gasteiger partial charge in [0.05, 0.1) is 44.5 Å². The van der Waals surface area contributed by atoms with Crippen LogP contribution in [0.3, 0.4) is 0 Å². The first-order chi connectivity index (χ1) is 27.3. The van der Waals surface area contributed by atoms with Crippen molar-refractivity contribution in [1.82, 2.24) is 0 Å². The van der Waals surface area contributed by atoms with Gasteiger partial charge in [-0.1, -0.05) is 121 Å². The summed E-state index contributed by atoms with van der Waals surface area (Å²) < 4.78 is 13.9. The van der Waals surface area contributed by atoms with Crippen LogP contribution in [-0.2, 0) is 4.57 Å². The minimum absolute atomic E-state index is 0.255. The molecule has 0 aliphatic carbocycles. The van der Waals surface area contributed by atoms with E-state index < -0.39 is 28.6 Å². The van der Waals surface area contributed by atoms with E-state index in [0.29, 0.717) is 5.66 Å². The maximum atomic E-state index is 13.9. The van der Waals surface area contributed by atoms with Crippen molar-refractivity contribution in [2.24, 2.45) is 0 Å². The highest BCUT2D eigenvalue weighted by Crippen LogP contribution is 2.66. The summed E-state index contributed by atoms with van der Waals surface area (Å²) in [6.07, 6.45) is 10.6. The quantitative estimate of drug-likeness (QED) is 0.0891. The Labute approximate surface area is 342 Å². The van der Waals surface area contributed by atoms with E-state index in [1.807, 2.05) is 30.3 Å². The summed E-state index contributed by atoms with van der Waals surface area (Å²) in [7, 11) is 13.7. The Morgan fingerprint density at radius 3 is 1.36 bits per heavy atom. The van der Waals surface area contributed by atoms with Crippen LogP contribution in [0.25, 0.3) is 0 Å². The van der Waals surface area contributed by atoms with Gasteiger partial charge in [0, 0.05) is 44.0 Å². The van der Waals surface area contributed by atoms with Crippen molar-refractivity contribution in [2.75, 3.05) is 24.6 Å². The molecule has 6 aromatic carbocycles. The Kier molecular flexibility index (Phi) is 13.8. The Hall–Kier alpha value is -2.97. The smallest absolute Gasteiger partial charge is 0.318 e. The Morgan fingerprint density at radius 2 is 0.911 bits per heavy atom. The molecule has 8 rings (SSSR count). The third-order valence-electron chi connectivity index (χ3n) is 12.3. The zero-order chi connectivity index (χ0) is 38.9. The Balaban J connectivity index is 0.000000172. The molecule has 2 fully saturated rings. The molecule has 6 radical (unpaired) electrons. The lowest BCUT2D eigenvalue weighted by Crippen LogP contribution is -2.28. The van der Waals surface area contributed by atoms with E-state index in [9.17, 15) is 4.57 Å². The van der Waals surface area contributed by atoms with Gasteiger partial charge >= 0.3 is 22.7 Å². The highest BCUT2D eigenvalue weighted by atomic mass is 31.2. The number of hydrogen-bond acceptors (Lipinski definition) is 1. The van der Waals surface area contributed by atoms with Gasteiger partial charge in [-0.2, -0.15) is 0 Å². The van der Waals surface area contributed by atoms with Crippen LogP contribution in [0.2, 0.25) is 0 Å². The average Bonchev–Trinajstić information content (AvgIpc) is 3.86. The van der Waals surface area contributed by atoms with Crippen LogP contribution >= 0.6 is 28.6 Å². The first-order valence-corrected chi connectivity index (χ1v) is 28.3. The fourth-order valence-corrected chi connectivity index (χ4v) is 22.6. The Bertz CT molecular complexity index is 2070. The van der Waals surface area contributed by atoms with Crippen molar-refractivity contribution >= 4 is 83.1 Å². The van der Waals surface area contributed by atoms with Crippen LogP contribution in [0.1, 0.15) is 38.5 Å². The molecule has 1 unspecified atom stereocenters. The van der Waals surface area contributed by atoms with Gasteiger partial charge in [-0.05, 0) is 99.9 Å². The van der Waals surface area contributed by atoms with Crippen LogP contribution in [0.4, 0.5) is 0 Å². The molecule has 1 nitrogen and oxygen atoms in total. The molecule has 0 N–H and O–H groups in total. The van der Waals surface area contributed by atoms with E-state index in [1.54, 1.807) is 0 Å². The molecule has 276 valence electrons. The molecule has 56 heavy (non-hydrogen) atoms. The zero-order valence-electron chi connectivity index (χ0n) is 32.5. The molecule has 2 aliphatic rings. The van der Waals surface area contributed by atoms with Crippen molar-refractivity contribution < 1.29 is 4.57 Å². The molecule has 2 aliphatic heterocycles. The topological polar surface area (TPSA) is 17.1 Å². The molecule has 6 aromatic rings. The lowest BCUT2D eigenvalue weighted by atomic mass is 10.2. The van der Waals surface area contributed by atoms with Gasteiger partial charge in [0.15, 0.2) is 0 Å². The van der Waals surface area contributed by atoms with Crippen LogP contribution in [0.15, 0.2) is 182 Å². The van der Waals surface area contributed by atoms with Gasteiger partial charge < -0.3 is 4.57 Å². The average molecular weight is 801 g/mol. The normalized spacial score (nSPS) is 22.2. The van der Waals surface area contributed by atoms with Crippen molar-refractivity contribution in [3.05, 3.63) is 182 Å². The lowest BCUT2D eigenvalue weighted by molar-refractivity contribution is 0.575. The Morgan fingerprint density at radius 1 is 0.518 bits per heavy atom. The van der Waals surface area contributed by atoms with Gasteiger partial charge in [0.25, 0.3) is 0 Å². The third-order valence-corrected chi connectivity index (χ3v) is 27.1. The summed E-state index contributed by atoms with van der Waals surface area (Å²) in [4.78, 5) is 0. The number of benzene rings is 6. The van der Waals surface area contributed by atoms with Gasteiger partial charge in [0.1, 0.15) is 7.14 Å². The first-order valence-electron chi connectivity index (χ1n) is 20.2. The van der Waals surface area contributed by atoms with Gasteiger partial charge in [-0.3, -0.25) is 0 Å². The maximum Gasteiger partial charge on any atom is 0.377 e. The molecular weight excluding hydrogens is 749 g/mol. The van der Waals surface area contributed by atoms with Crippen molar-refractivity contribution in [1.29, 1.82) is 0 Å². The van der Waals surface area contributed by atoms with Crippen LogP contribution < -0.4 is 31.8 Å². The van der Waals surface area contributed by atoms with Crippen molar-refractivity contribution in [3.8, 4) is 0 Å². The summed E-state index contributed by atoms with van der Waals surface area (Å²) in [5.41, 5.74) is 0.843. The van der Waals surface area contributed by atoms with E-state index in [2.05, 4.69) is 152 Å². The van der Waals surface area contributed by atoms with Crippen LogP contribution in [0.5, 0.6) is 0 Å². The molecule has 8 heteroatoms. The van der Waals surface area contributed by atoms with Gasteiger partial charge in [0.2, 0.25) is 0 Å². The van der Waals surface area contributed by atoms with E-state index in [1.165, 1.54) is 45.5 Å². The molecule has 0 saturated carbocycles. The zero-order valence-corrected chi connectivity index (χ0v) is 36.1. The highest BCUT2D eigenvalue weighted by Gasteiger charge is 2.49. The summed E-state index contributed by atoms with van der Waals surface area (Å²) in [5.74, 6) is 0. The fraction of sp³-hybridized carbons (Fsp3) is 0.250. The summed E-state index contributed by atoms with van der Waals surface area (Å²) in [6.45, 7) is 0. The predicted octanol–water partition coefficient (Wildman–Crippen LogP) is 9.70. The molecule has 0 amide bonds. The molecule has 0 bridgehead atoms. The molecule has 4 atom stereocenters. The molecule has 0 spiro atoms. The monoisotopic (exact) mass is 801 g/mol. The highest BCUT2D eigenvalue weighted by molar-refractivity contribution is 8.09. The van der Waals surface area contributed by atoms with Gasteiger partial charge in [-0.25, -0.2) is 0 Å². The second kappa shape index (κ2) is 18.7. The first kappa shape index (κ1) is 41.2.